The van der Waals surface area contributed by atoms with Gasteiger partial charge in [-0.15, -0.1) is 24.0 Å². The first-order valence-corrected chi connectivity index (χ1v) is 7.96. The Morgan fingerprint density at radius 3 is 2.70 bits per heavy atom. The molecule has 7 nitrogen and oxygen atoms in total. The SMILES string of the molecule is I.NC(=NCc1ccc(OC(F)F)cn1)Nc1ccc2c(c1)OCCCO2. The predicted octanol–water partition coefficient (Wildman–Crippen LogP) is 3.39. The van der Waals surface area contributed by atoms with Gasteiger partial charge in [0, 0.05) is 18.2 Å². The highest BCUT2D eigenvalue weighted by Crippen LogP contribution is 2.32. The number of anilines is 1. The highest BCUT2D eigenvalue weighted by molar-refractivity contribution is 14.0. The van der Waals surface area contributed by atoms with E-state index in [1.54, 1.807) is 18.2 Å². The minimum absolute atomic E-state index is 0. The van der Waals surface area contributed by atoms with E-state index in [4.69, 9.17) is 15.2 Å². The van der Waals surface area contributed by atoms with Crippen molar-refractivity contribution in [3.63, 3.8) is 0 Å². The number of hydrogen-bond acceptors (Lipinski definition) is 5. The Morgan fingerprint density at radius 2 is 2.00 bits per heavy atom. The number of nitrogens with zero attached hydrogens (tertiary/aromatic N) is 2. The maximum Gasteiger partial charge on any atom is 0.387 e. The third-order valence-electron chi connectivity index (χ3n) is 3.45. The molecule has 1 aromatic carbocycles. The third kappa shape index (κ3) is 6.38. The van der Waals surface area contributed by atoms with Crippen LogP contribution in [0.15, 0.2) is 41.5 Å². The summed E-state index contributed by atoms with van der Waals surface area (Å²) in [5, 5.41) is 2.96. The second-order valence-electron chi connectivity index (χ2n) is 5.40. The van der Waals surface area contributed by atoms with Crippen molar-refractivity contribution in [1.82, 2.24) is 4.98 Å². The Labute approximate surface area is 171 Å². The molecule has 3 N–H and O–H groups in total. The number of aliphatic imine (C=N–C) groups is 1. The summed E-state index contributed by atoms with van der Waals surface area (Å²) >= 11 is 0. The zero-order chi connectivity index (χ0) is 18.4. The smallest absolute Gasteiger partial charge is 0.387 e. The number of benzene rings is 1. The van der Waals surface area contributed by atoms with Crippen molar-refractivity contribution in [2.24, 2.45) is 10.7 Å². The topological polar surface area (TPSA) is 91.0 Å². The molecule has 146 valence electrons. The van der Waals surface area contributed by atoms with Gasteiger partial charge in [0.1, 0.15) is 5.75 Å². The van der Waals surface area contributed by atoms with Crippen LogP contribution in [0.3, 0.4) is 0 Å². The summed E-state index contributed by atoms with van der Waals surface area (Å²) in [5.74, 6) is 1.52. The quantitative estimate of drug-likeness (QED) is 0.378. The molecule has 1 aliphatic heterocycles. The van der Waals surface area contributed by atoms with E-state index < -0.39 is 6.61 Å². The lowest BCUT2D eigenvalue weighted by atomic mass is 10.3. The zero-order valence-corrected chi connectivity index (χ0v) is 16.6. The minimum Gasteiger partial charge on any atom is -0.490 e. The molecule has 0 bridgehead atoms. The Kier molecular flexibility index (Phi) is 7.82. The molecular formula is C17H19F2IN4O3. The second-order valence-corrected chi connectivity index (χ2v) is 5.40. The van der Waals surface area contributed by atoms with E-state index in [0.29, 0.717) is 36.1 Å². The normalized spacial score (nSPS) is 13.5. The van der Waals surface area contributed by atoms with Crippen LogP contribution in [0.1, 0.15) is 12.1 Å². The highest BCUT2D eigenvalue weighted by Gasteiger charge is 2.11. The molecule has 0 aliphatic carbocycles. The molecule has 0 atom stereocenters. The lowest BCUT2D eigenvalue weighted by Gasteiger charge is -2.10. The molecule has 1 aromatic heterocycles. The molecule has 10 heteroatoms. The van der Waals surface area contributed by atoms with E-state index in [1.807, 2.05) is 6.07 Å². The number of nitrogens with one attached hydrogen (secondary N) is 1. The number of pyridine rings is 1. The average molecular weight is 492 g/mol. The molecule has 0 spiro atoms. The molecule has 0 unspecified atom stereocenters. The summed E-state index contributed by atoms with van der Waals surface area (Å²) in [6.45, 7) is -1.47. The third-order valence-corrected chi connectivity index (χ3v) is 3.45. The summed E-state index contributed by atoms with van der Waals surface area (Å²) in [5.41, 5.74) is 7.15. The molecule has 2 heterocycles. The van der Waals surface area contributed by atoms with Gasteiger partial charge in [-0.2, -0.15) is 8.78 Å². The minimum atomic E-state index is -2.88. The van der Waals surface area contributed by atoms with Gasteiger partial charge >= 0.3 is 6.61 Å². The van der Waals surface area contributed by atoms with Gasteiger partial charge in [0.2, 0.25) is 0 Å². The largest absolute Gasteiger partial charge is 0.490 e. The number of rotatable bonds is 5. The number of halogens is 3. The monoisotopic (exact) mass is 492 g/mol. The van der Waals surface area contributed by atoms with Crippen LogP contribution in [0.5, 0.6) is 17.2 Å². The van der Waals surface area contributed by atoms with Crippen LogP contribution < -0.4 is 25.3 Å². The number of aromatic nitrogens is 1. The molecular weight excluding hydrogens is 473 g/mol. The van der Waals surface area contributed by atoms with Crippen molar-refractivity contribution in [2.75, 3.05) is 18.5 Å². The van der Waals surface area contributed by atoms with Crippen LogP contribution in [0, 0.1) is 0 Å². The summed E-state index contributed by atoms with van der Waals surface area (Å²) in [4.78, 5) is 8.16. The number of nitrogens with two attached hydrogens (primary N) is 1. The van der Waals surface area contributed by atoms with Gasteiger partial charge in [-0.05, 0) is 24.3 Å². The predicted molar refractivity (Wildman–Crippen MR) is 107 cm³/mol. The first kappa shape index (κ1) is 20.9. The summed E-state index contributed by atoms with van der Waals surface area (Å²) in [6, 6.07) is 8.35. The van der Waals surface area contributed by atoms with E-state index in [0.717, 1.165) is 6.42 Å². The van der Waals surface area contributed by atoms with Gasteiger partial charge in [-0.3, -0.25) is 4.98 Å². The number of alkyl halides is 2. The molecule has 0 fully saturated rings. The fraction of sp³-hybridized carbons (Fsp3) is 0.294. The van der Waals surface area contributed by atoms with Gasteiger partial charge in [0.05, 0.1) is 31.6 Å². The van der Waals surface area contributed by atoms with Crippen LogP contribution in [0.25, 0.3) is 0 Å². The van der Waals surface area contributed by atoms with Crippen LogP contribution >= 0.6 is 24.0 Å². The van der Waals surface area contributed by atoms with Gasteiger partial charge < -0.3 is 25.3 Å². The van der Waals surface area contributed by atoms with E-state index in [1.165, 1.54) is 12.3 Å². The van der Waals surface area contributed by atoms with Gasteiger partial charge in [0.15, 0.2) is 17.5 Å². The van der Waals surface area contributed by atoms with E-state index in [2.05, 4.69) is 20.0 Å². The lowest BCUT2D eigenvalue weighted by molar-refractivity contribution is -0.0500. The standard InChI is InChI=1S/C17H18F2N4O3.HI/c18-16(19)26-13-4-2-12(21-10-13)9-22-17(20)23-11-3-5-14-15(8-11)25-7-1-6-24-14;/h2-5,8,10,16H,1,6-7,9H2,(H3,20,22,23);1H. The fourth-order valence-electron chi connectivity index (χ4n) is 2.27. The maximum absolute atomic E-state index is 12.1. The van der Waals surface area contributed by atoms with Gasteiger partial charge in [0.25, 0.3) is 0 Å². The number of fused-ring (bicyclic) bond motifs is 1. The van der Waals surface area contributed by atoms with E-state index in [-0.39, 0.29) is 42.2 Å². The van der Waals surface area contributed by atoms with Crippen molar-refractivity contribution in [1.29, 1.82) is 0 Å². The molecule has 0 amide bonds. The van der Waals surface area contributed by atoms with E-state index >= 15 is 0 Å². The average Bonchev–Trinajstić information content (AvgIpc) is 2.85. The fourth-order valence-corrected chi connectivity index (χ4v) is 2.27. The molecule has 0 saturated carbocycles. The van der Waals surface area contributed by atoms with E-state index in [9.17, 15) is 8.78 Å². The molecule has 0 radical (unpaired) electrons. The second kappa shape index (κ2) is 10.1. The number of hydrogen-bond donors (Lipinski definition) is 2. The summed E-state index contributed by atoms with van der Waals surface area (Å²) in [7, 11) is 0. The van der Waals surface area contributed by atoms with Crippen molar-refractivity contribution in [2.45, 2.75) is 19.6 Å². The Balaban J connectivity index is 0.00000261. The Hall–Kier alpha value is -2.37. The number of guanidine groups is 1. The highest BCUT2D eigenvalue weighted by atomic mass is 127. The maximum atomic E-state index is 12.1. The summed E-state index contributed by atoms with van der Waals surface area (Å²) < 4.78 is 39.6. The zero-order valence-electron chi connectivity index (χ0n) is 14.2. The van der Waals surface area contributed by atoms with Gasteiger partial charge in [-0.25, -0.2) is 4.99 Å². The van der Waals surface area contributed by atoms with Crippen molar-refractivity contribution in [3.05, 3.63) is 42.2 Å². The van der Waals surface area contributed by atoms with Gasteiger partial charge in [-0.1, -0.05) is 0 Å². The first-order valence-electron chi connectivity index (χ1n) is 7.96. The number of ether oxygens (including phenoxy) is 3. The lowest BCUT2D eigenvalue weighted by Crippen LogP contribution is -2.22. The first-order chi connectivity index (χ1) is 12.6. The molecule has 2 aromatic rings. The van der Waals surface area contributed by atoms with Crippen LogP contribution in [-0.2, 0) is 6.54 Å². The van der Waals surface area contributed by atoms with Crippen molar-refractivity contribution in [3.8, 4) is 17.2 Å². The van der Waals surface area contributed by atoms with Crippen LogP contribution in [0.4, 0.5) is 14.5 Å². The Morgan fingerprint density at radius 1 is 1.22 bits per heavy atom. The van der Waals surface area contributed by atoms with Crippen molar-refractivity contribution < 1.29 is 23.0 Å². The Bertz CT molecular complexity index is 775. The molecule has 3 rings (SSSR count). The molecule has 27 heavy (non-hydrogen) atoms. The molecule has 1 aliphatic rings. The molecule has 0 saturated heterocycles. The van der Waals surface area contributed by atoms with Crippen LogP contribution in [0.2, 0.25) is 0 Å². The van der Waals surface area contributed by atoms with Crippen molar-refractivity contribution >= 4 is 35.6 Å². The summed E-state index contributed by atoms with van der Waals surface area (Å²) in [6.07, 6.45) is 2.04. The van der Waals surface area contributed by atoms with Crippen LogP contribution in [-0.4, -0.2) is 30.8 Å².